The molecule has 0 bridgehead atoms. The highest BCUT2D eigenvalue weighted by Crippen LogP contribution is 2.26. The molecule has 0 aliphatic carbocycles. The summed E-state index contributed by atoms with van der Waals surface area (Å²) in [5.74, 6) is -0.253. The Balaban J connectivity index is 1.89. The summed E-state index contributed by atoms with van der Waals surface area (Å²) in [4.78, 5) is 10.9. The van der Waals surface area contributed by atoms with Gasteiger partial charge in [-0.3, -0.25) is 4.79 Å². The molecule has 0 saturated carbocycles. The normalized spacial score (nSPS) is 10.6. The lowest BCUT2D eigenvalue weighted by Gasteiger charge is -2.07. The summed E-state index contributed by atoms with van der Waals surface area (Å²) in [5, 5.41) is 5.44. The standard InChI is InChI=1S/C20H19ClN2O2/c1-15(24)25-13-5-6-18-14-20(16-9-11-17(21)12-10-16)23(22-18)19-7-3-2-4-8-19/h2-4,7-12,14H,5-6,13H2,1H3. The van der Waals surface area contributed by atoms with Crippen molar-refractivity contribution >= 4 is 17.6 Å². The average Bonchev–Trinajstić information content (AvgIpc) is 3.04. The molecule has 0 aliphatic heterocycles. The molecule has 128 valence electrons. The first kappa shape index (κ1) is 17.2. The summed E-state index contributed by atoms with van der Waals surface area (Å²) in [7, 11) is 0. The number of aryl methyl sites for hydroxylation is 1. The maximum atomic E-state index is 10.9. The maximum absolute atomic E-state index is 10.9. The van der Waals surface area contributed by atoms with E-state index in [1.165, 1.54) is 6.92 Å². The molecule has 3 rings (SSSR count). The van der Waals surface area contributed by atoms with E-state index in [4.69, 9.17) is 21.4 Å². The minimum atomic E-state index is -0.253. The first-order chi connectivity index (χ1) is 12.1. The number of aromatic nitrogens is 2. The molecular weight excluding hydrogens is 336 g/mol. The number of carbonyl (C=O) groups is 1. The lowest BCUT2D eigenvalue weighted by molar-refractivity contribution is -0.141. The predicted octanol–water partition coefficient (Wildman–Crippen LogP) is 4.69. The molecule has 0 aliphatic rings. The Bertz CT molecular complexity index is 842. The van der Waals surface area contributed by atoms with E-state index in [-0.39, 0.29) is 5.97 Å². The van der Waals surface area contributed by atoms with Crippen molar-refractivity contribution in [2.24, 2.45) is 0 Å². The van der Waals surface area contributed by atoms with Crippen molar-refractivity contribution in [2.75, 3.05) is 6.61 Å². The van der Waals surface area contributed by atoms with E-state index in [1.54, 1.807) is 0 Å². The zero-order valence-corrected chi connectivity index (χ0v) is 14.7. The van der Waals surface area contributed by atoms with Gasteiger partial charge in [0, 0.05) is 17.5 Å². The monoisotopic (exact) mass is 354 g/mol. The Morgan fingerprint density at radius 1 is 1.12 bits per heavy atom. The highest BCUT2D eigenvalue weighted by molar-refractivity contribution is 6.30. The summed E-state index contributed by atoms with van der Waals surface area (Å²) >= 11 is 6.01. The molecule has 1 heterocycles. The van der Waals surface area contributed by atoms with Gasteiger partial charge in [0.25, 0.3) is 0 Å². The van der Waals surface area contributed by atoms with Crippen molar-refractivity contribution in [2.45, 2.75) is 19.8 Å². The van der Waals surface area contributed by atoms with Crippen molar-refractivity contribution in [1.82, 2.24) is 9.78 Å². The van der Waals surface area contributed by atoms with Gasteiger partial charge in [-0.2, -0.15) is 5.10 Å². The summed E-state index contributed by atoms with van der Waals surface area (Å²) in [6, 6.07) is 19.8. The van der Waals surface area contributed by atoms with Crippen LogP contribution in [-0.4, -0.2) is 22.4 Å². The minimum absolute atomic E-state index is 0.253. The van der Waals surface area contributed by atoms with Gasteiger partial charge in [0.15, 0.2) is 0 Å². The molecule has 0 atom stereocenters. The second kappa shape index (κ2) is 7.99. The Morgan fingerprint density at radius 3 is 2.52 bits per heavy atom. The van der Waals surface area contributed by atoms with E-state index in [2.05, 4.69) is 6.07 Å². The summed E-state index contributed by atoms with van der Waals surface area (Å²) in [6.07, 6.45) is 1.49. The molecule has 0 spiro atoms. The number of hydrogen-bond donors (Lipinski definition) is 0. The molecule has 2 aromatic carbocycles. The number of ether oxygens (including phenoxy) is 1. The largest absolute Gasteiger partial charge is 0.466 e. The fourth-order valence-electron chi connectivity index (χ4n) is 2.61. The van der Waals surface area contributed by atoms with Crippen molar-refractivity contribution in [1.29, 1.82) is 0 Å². The van der Waals surface area contributed by atoms with Crippen molar-refractivity contribution < 1.29 is 9.53 Å². The molecule has 0 fully saturated rings. The maximum Gasteiger partial charge on any atom is 0.302 e. The van der Waals surface area contributed by atoms with Crippen LogP contribution < -0.4 is 0 Å². The SMILES string of the molecule is CC(=O)OCCCc1cc(-c2ccc(Cl)cc2)n(-c2ccccc2)n1. The third-order valence-electron chi connectivity index (χ3n) is 3.78. The first-order valence-corrected chi connectivity index (χ1v) is 8.55. The number of para-hydroxylation sites is 1. The molecule has 3 aromatic rings. The van der Waals surface area contributed by atoms with Crippen LogP contribution in [0.15, 0.2) is 60.7 Å². The fourth-order valence-corrected chi connectivity index (χ4v) is 2.74. The van der Waals surface area contributed by atoms with Crippen LogP contribution in [-0.2, 0) is 16.0 Å². The van der Waals surface area contributed by atoms with Crippen LogP contribution in [0, 0.1) is 0 Å². The van der Waals surface area contributed by atoms with E-state index < -0.39 is 0 Å². The lowest BCUT2D eigenvalue weighted by Crippen LogP contribution is -2.02. The molecule has 0 N–H and O–H groups in total. The van der Waals surface area contributed by atoms with Crippen molar-refractivity contribution in [3.8, 4) is 16.9 Å². The quantitative estimate of drug-likeness (QED) is 0.476. The van der Waals surface area contributed by atoms with Crippen LogP contribution in [0.3, 0.4) is 0 Å². The zero-order valence-electron chi connectivity index (χ0n) is 14.0. The van der Waals surface area contributed by atoms with E-state index in [0.29, 0.717) is 11.6 Å². The number of esters is 1. The lowest BCUT2D eigenvalue weighted by atomic mass is 10.1. The topological polar surface area (TPSA) is 44.1 Å². The number of carbonyl (C=O) groups excluding carboxylic acids is 1. The van der Waals surface area contributed by atoms with Gasteiger partial charge in [0.2, 0.25) is 0 Å². The van der Waals surface area contributed by atoms with Crippen LogP contribution in [0.25, 0.3) is 16.9 Å². The highest BCUT2D eigenvalue weighted by Gasteiger charge is 2.12. The first-order valence-electron chi connectivity index (χ1n) is 8.17. The molecular formula is C20H19ClN2O2. The van der Waals surface area contributed by atoms with Crippen molar-refractivity contribution in [3.05, 3.63) is 71.4 Å². The third kappa shape index (κ3) is 4.48. The van der Waals surface area contributed by atoms with Crippen LogP contribution in [0.1, 0.15) is 19.0 Å². The predicted molar refractivity (Wildman–Crippen MR) is 99.0 cm³/mol. The third-order valence-corrected chi connectivity index (χ3v) is 4.04. The molecule has 4 nitrogen and oxygen atoms in total. The van der Waals surface area contributed by atoms with Gasteiger partial charge >= 0.3 is 5.97 Å². The van der Waals surface area contributed by atoms with E-state index >= 15 is 0 Å². The number of benzene rings is 2. The van der Waals surface area contributed by atoms with Crippen molar-refractivity contribution in [3.63, 3.8) is 0 Å². The van der Waals surface area contributed by atoms with E-state index in [0.717, 1.165) is 35.5 Å². The Labute approximate surface area is 152 Å². The fraction of sp³-hybridized carbons (Fsp3) is 0.200. The van der Waals surface area contributed by atoms with E-state index in [1.807, 2.05) is 59.3 Å². The van der Waals surface area contributed by atoms with Gasteiger partial charge in [-0.25, -0.2) is 4.68 Å². The van der Waals surface area contributed by atoms with Crippen LogP contribution >= 0.6 is 11.6 Å². The minimum Gasteiger partial charge on any atom is -0.466 e. The van der Waals surface area contributed by atoms with Gasteiger partial charge in [0.1, 0.15) is 0 Å². The van der Waals surface area contributed by atoms with Gasteiger partial charge < -0.3 is 4.74 Å². The molecule has 5 heteroatoms. The zero-order chi connectivity index (χ0) is 17.6. The summed E-state index contributed by atoms with van der Waals surface area (Å²) < 4.78 is 6.93. The summed E-state index contributed by atoms with van der Waals surface area (Å²) in [6.45, 7) is 1.83. The molecule has 0 saturated heterocycles. The van der Waals surface area contributed by atoms with Crippen LogP contribution in [0.2, 0.25) is 5.02 Å². The molecule has 0 radical (unpaired) electrons. The molecule has 1 aromatic heterocycles. The smallest absolute Gasteiger partial charge is 0.302 e. The van der Waals surface area contributed by atoms with Gasteiger partial charge in [0.05, 0.1) is 23.7 Å². The van der Waals surface area contributed by atoms with E-state index in [9.17, 15) is 4.79 Å². The van der Waals surface area contributed by atoms with Crippen LogP contribution in [0.4, 0.5) is 0 Å². The number of halogens is 1. The number of nitrogens with zero attached hydrogens (tertiary/aromatic N) is 2. The van der Waals surface area contributed by atoms with Crippen LogP contribution in [0.5, 0.6) is 0 Å². The Hall–Kier alpha value is -2.59. The Kier molecular flexibility index (Phi) is 5.51. The number of hydrogen-bond acceptors (Lipinski definition) is 3. The van der Waals surface area contributed by atoms with Gasteiger partial charge in [-0.05, 0) is 43.2 Å². The molecule has 25 heavy (non-hydrogen) atoms. The number of rotatable bonds is 6. The highest BCUT2D eigenvalue weighted by atomic mass is 35.5. The molecule has 0 amide bonds. The second-order valence-corrected chi connectivity index (χ2v) is 6.16. The summed E-state index contributed by atoms with van der Waals surface area (Å²) in [5.41, 5.74) is 4.01. The van der Waals surface area contributed by atoms with Gasteiger partial charge in [-0.15, -0.1) is 0 Å². The molecule has 0 unspecified atom stereocenters. The Morgan fingerprint density at radius 2 is 1.84 bits per heavy atom. The second-order valence-electron chi connectivity index (χ2n) is 5.72. The van der Waals surface area contributed by atoms with Gasteiger partial charge in [-0.1, -0.05) is 41.9 Å². The average molecular weight is 355 g/mol.